The number of carbonyl (C=O) groups excluding carboxylic acids is 1. The van der Waals surface area contributed by atoms with Gasteiger partial charge in [0.15, 0.2) is 6.61 Å². The highest BCUT2D eigenvalue weighted by Crippen LogP contribution is 2.23. The van der Waals surface area contributed by atoms with Crippen molar-refractivity contribution in [3.63, 3.8) is 0 Å². The molecule has 0 bridgehead atoms. The van der Waals surface area contributed by atoms with Crippen LogP contribution in [0.2, 0.25) is 0 Å². The summed E-state index contributed by atoms with van der Waals surface area (Å²) < 4.78 is 5.72. The van der Waals surface area contributed by atoms with E-state index in [1.54, 1.807) is 13.0 Å². The Bertz CT molecular complexity index is 987. The minimum Gasteiger partial charge on any atom is -0.483 e. The van der Waals surface area contributed by atoms with Crippen molar-refractivity contribution >= 4 is 17.3 Å². The van der Waals surface area contributed by atoms with Gasteiger partial charge in [-0.3, -0.25) is 14.9 Å². The highest BCUT2D eigenvalue weighted by Gasteiger charge is 2.12. The van der Waals surface area contributed by atoms with Crippen LogP contribution >= 0.6 is 0 Å². The van der Waals surface area contributed by atoms with Crippen LogP contribution in [-0.4, -0.2) is 17.4 Å². The number of rotatable bonds is 7. The Morgan fingerprint density at radius 2 is 1.75 bits per heavy atom. The van der Waals surface area contributed by atoms with Gasteiger partial charge in [-0.1, -0.05) is 54.6 Å². The number of anilines is 1. The molecule has 3 aromatic carbocycles. The monoisotopic (exact) mass is 376 g/mol. The first-order valence-corrected chi connectivity index (χ1v) is 8.82. The van der Waals surface area contributed by atoms with Crippen molar-refractivity contribution in [2.45, 2.75) is 13.3 Å². The number of non-ortho nitro benzene ring substituents is 1. The summed E-state index contributed by atoms with van der Waals surface area (Å²) >= 11 is 0. The van der Waals surface area contributed by atoms with Crippen molar-refractivity contribution in [1.29, 1.82) is 0 Å². The van der Waals surface area contributed by atoms with E-state index in [0.29, 0.717) is 17.9 Å². The first-order chi connectivity index (χ1) is 13.5. The van der Waals surface area contributed by atoms with Crippen LogP contribution in [0, 0.1) is 17.0 Å². The number of nitrogens with one attached hydrogen (secondary N) is 1. The average molecular weight is 376 g/mol. The van der Waals surface area contributed by atoms with Gasteiger partial charge < -0.3 is 10.1 Å². The van der Waals surface area contributed by atoms with Gasteiger partial charge in [0.05, 0.1) is 10.6 Å². The third-order valence-electron chi connectivity index (χ3n) is 4.27. The SMILES string of the molecule is Cc1ccc([N+](=O)[O-])cc1NC(=O)COc1ccccc1Cc1ccccc1. The second-order valence-corrected chi connectivity index (χ2v) is 6.36. The van der Waals surface area contributed by atoms with Crippen molar-refractivity contribution in [2.75, 3.05) is 11.9 Å². The van der Waals surface area contributed by atoms with E-state index >= 15 is 0 Å². The van der Waals surface area contributed by atoms with E-state index in [-0.39, 0.29) is 18.2 Å². The van der Waals surface area contributed by atoms with Gasteiger partial charge >= 0.3 is 0 Å². The smallest absolute Gasteiger partial charge is 0.271 e. The van der Waals surface area contributed by atoms with E-state index in [1.807, 2.05) is 54.6 Å². The minimum atomic E-state index is -0.495. The molecule has 0 aliphatic carbocycles. The Kier molecular flexibility index (Phi) is 6.01. The Balaban J connectivity index is 1.65. The number of carbonyl (C=O) groups is 1. The molecule has 0 radical (unpaired) electrons. The predicted molar refractivity (Wildman–Crippen MR) is 108 cm³/mol. The van der Waals surface area contributed by atoms with Crippen LogP contribution in [0.3, 0.4) is 0 Å². The van der Waals surface area contributed by atoms with Crippen LogP contribution in [0.5, 0.6) is 5.75 Å². The normalized spacial score (nSPS) is 10.3. The van der Waals surface area contributed by atoms with E-state index in [9.17, 15) is 14.9 Å². The molecular formula is C22H20N2O4. The summed E-state index contributed by atoms with van der Waals surface area (Å²) in [5.41, 5.74) is 3.20. The highest BCUT2D eigenvalue weighted by molar-refractivity contribution is 5.93. The molecule has 0 atom stereocenters. The Hall–Kier alpha value is -3.67. The molecule has 0 aromatic heterocycles. The molecule has 0 spiro atoms. The summed E-state index contributed by atoms with van der Waals surface area (Å²) in [6.07, 6.45) is 0.697. The molecule has 1 N–H and O–H groups in total. The molecular weight excluding hydrogens is 356 g/mol. The van der Waals surface area contributed by atoms with Gasteiger partial charge in [-0.05, 0) is 29.7 Å². The summed E-state index contributed by atoms with van der Waals surface area (Å²) in [5.74, 6) is 0.260. The number of hydrogen-bond acceptors (Lipinski definition) is 4. The van der Waals surface area contributed by atoms with Crippen molar-refractivity contribution in [3.05, 3.63) is 99.6 Å². The molecule has 0 aliphatic rings. The lowest BCUT2D eigenvalue weighted by atomic mass is 10.0. The van der Waals surface area contributed by atoms with Gasteiger partial charge in [-0.25, -0.2) is 0 Å². The number of aryl methyl sites for hydroxylation is 1. The minimum absolute atomic E-state index is 0.0741. The first-order valence-electron chi connectivity index (χ1n) is 8.82. The molecule has 3 aromatic rings. The highest BCUT2D eigenvalue weighted by atomic mass is 16.6. The van der Waals surface area contributed by atoms with Crippen LogP contribution in [0.15, 0.2) is 72.8 Å². The van der Waals surface area contributed by atoms with Gasteiger partial charge in [0.25, 0.3) is 11.6 Å². The second kappa shape index (κ2) is 8.81. The van der Waals surface area contributed by atoms with Crippen LogP contribution in [0.25, 0.3) is 0 Å². The zero-order valence-corrected chi connectivity index (χ0v) is 15.4. The third kappa shape index (κ3) is 4.94. The molecule has 3 rings (SSSR count). The van der Waals surface area contributed by atoms with Gasteiger partial charge in [-0.2, -0.15) is 0 Å². The van der Waals surface area contributed by atoms with Gasteiger partial charge in [0.2, 0.25) is 0 Å². The Labute approximate surface area is 162 Å². The largest absolute Gasteiger partial charge is 0.483 e. The van der Waals surface area contributed by atoms with Crippen LogP contribution in [-0.2, 0) is 11.2 Å². The topological polar surface area (TPSA) is 81.5 Å². The molecule has 6 heteroatoms. The van der Waals surface area contributed by atoms with E-state index in [4.69, 9.17) is 4.74 Å². The molecule has 1 amide bonds. The number of hydrogen-bond donors (Lipinski definition) is 1. The summed E-state index contributed by atoms with van der Waals surface area (Å²) in [5, 5.41) is 13.6. The summed E-state index contributed by atoms with van der Waals surface area (Å²) in [7, 11) is 0. The zero-order chi connectivity index (χ0) is 19.9. The van der Waals surface area contributed by atoms with E-state index in [2.05, 4.69) is 5.32 Å². The summed E-state index contributed by atoms with van der Waals surface area (Å²) in [6.45, 7) is 1.59. The van der Waals surface area contributed by atoms with E-state index in [0.717, 1.165) is 16.7 Å². The van der Waals surface area contributed by atoms with E-state index < -0.39 is 4.92 Å². The molecule has 0 fully saturated rings. The van der Waals surface area contributed by atoms with Gasteiger partial charge in [-0.15, -0.1) is 0 Å². The lowest BCUT2D eigenvalue weighted by Gasteiger charge is -2.12. The van der Waals surface area contributed by atoms with Crippen LogP contribution < -0.4 is 10.1 Å². The summed E-state index contributed by atoms with van der Waals surface area (Å²) in [6, 6.07) is 21.9. The van der Waals surface area contributed by atoms with Gasteiger partial charge in [0, 0.05) is 18.6 Å². The fourth-order valence-electron chi connectivity index (χ4n) is 2.79. The lowest BCUT2D eigenvalue weighted by molar-refractivity contribution is -0.384. The predicted octanol–water partition coefficient (Wildman–Crippen LogP) is 4.51. The van der Waals surface area contributed by atoms with Crippen molar-refractivity contribution in [3.8, 4) is 5.75 Å². The average Bonchev–Trinajstić information content (AvgIpc) is 2.69. The molecule has 28 heavy (non-hydrogen) atoms. The molecule has 0 unspecified atom stereocenters. The maximum absolute atomic E-state index is 12.3. The van der Waals surface area contributed by atoms with Crippen LogP contribution in [0.1, 0.15) is 16.7 Å². The van der Waals surface area contributed by atoms with Gasteiger partial charge in [0.1, 0.15) is 5.75 Å². The molecule has 0 saturated heterocycles. The Morgan fingerprint density at radius 1 is 1.04 bits per heavy atom. The zero-order valence-electron chi connectivity index (χ0n) is 15.4. The maximum Gasteiger partial charge on any atom is 0.271 e. The van der Waals surface area contributed by atoms with Crippen molar-refractivity contribution in [2.24, 2.45) is 0 Å². The summed E-state index contributed by atoms with van der Waals surface area (Å²) in [4.78, 5) is 22.7. The number of amides is 1. The standard InChI is InChI=1S/C22H20N2O4/c1-16-11-12-19(24(26)27)14-20(16)23-22(25)15-28-21-10-6-5-9-18(21)13-17-7-3-2-4-8-17/h2-12,14H,13,15H2,1H3,(H,23,25). The number of nitrogens with zero attached hydrogens (tertiary/aromatic N) is 1. The number of para-hydroxylation sites is 1. The third-order valence-corrected chi connectivity index (χ3v) is 4.27. The molecule has 6 nitrogen and oxygen atoms in total. The fourth-order valence-corrected chi connectivity index (χ4v) is 2.79. The number of benzene rings is 3. The second-order valence-electron chi connectivity index (χ2n) is 6.36. The molecule has 0 heterocycles. The molecule has 0 aliphatic heterocycles. The fraction of sp³-hybridized carbons (Fsp3) is 0.136. The molecule has 0 saturated carbocycles. The quantitative estimate of drug-likeness (QED) is 0.486. The lowest BCUT2D eigenvalue weighted by Crippen LogP contribution is -2.21. The van der Waals surface area contributed by atoms with E-state index in [1.165, 1.54) is 12.1 Å². The van der Waals surface area contributed by atoms with Crippen molar-refractivity contribution in [1.82, 2.24) is 0 Å². The number of ether oxygens (including phenoxy) is 1. The number of nitro groups is 1. The van der Waals surface area contributed by atoms with Crippen LogP contribution in [0.4, 0.5) is 11.4 Å². The maximum atomic E-state index is 12.3. The number of nitro benzene ring substituents is 1. The first kappa shape index (κ1) is 19.1. The Morgan fingerprint density at radius 3 is 2.50 bits per heavy atom. The molecule has 142 valence electrons. The van der Waals surface area contributed by atoms with Crippen molar-refractivity contribution < 1.29 is 14.5 Å².